The molecule has 33 heavy (non-hydrogen) atoms. The Hall–Kier alpha value is -3.09. The number of thioether (sulfide) groups is 1. The van der Waals surface area contributed by atoms with E-state index in [2.05, 4.69) is 15.5 Å². The molecule has 0 unspecified atom stereocenters. The van der Waals surface area contributed by atoms with Crippen molar-refractivity contribution in [1.29, 1.82) is 0 Å². The predicted molar refractivity (Wildman–Crippen MR) is 134 cm³/mol. The van der Waals surface area contributed by atoms with Crippen LogP contribution in [0.25, 0.3) is 5.69 Å². The summed E-state index contributed by atoms with van der Waals surface area (Å²) in [4.78, 5) is 12.8. The molecular weight excluding hydrogens is 452 g/mol. The largest absolute Gasteiger partial charge is 0.345 e. The van der Waals surface area contributed by atoms with Crippen LogP contribution in [0.3, 0.4) is 0 Å². The molecule has 0 aliphatic carbocycles. The molecule has 168 valence electrons. The molecule has 4 aromatic rings. The Morgan fingerprint density at radius 2 is 1.64 bits per heavy atom. The molecule has 0 aliphatic rings. The minimum absolute atomic E-state index is 0.0285. The summed E-state index contributed by atoms with van der Waals surface area (Å²) < 4.78 is 1.98. The van der Waals surface area contributed by atoms with Gasteiger partial charge in [-0.1, -0.05) is 90.1 Å². The number of halogens is 1. The van der Waals surface area contributed by atoms with Crippen molar-refractivity contribution >= 4 is 29.3 Å². The van der Waals surface area contributed by atoms with Crippen LogP contribution >= 0.6 is 23.4 Å². The molecule has 0 bridgehead atoms. The van der Waals surface area contributed by atoms with Gasteiger partial charge in [0.2, 0.25) is 5.91 Å². The van der Waals surface area contributed by atoms with E-state index < -0.39 is 0 Å². The molecule has 0 saturated carbocycles. The van der Waals surface area contributed by atoms with Gasteiger partial charge in [-0.3, -0.25) is 9.36 Å². The normalized spacial score (nSPS) is 11.0. The van der Waals surface area contributed by atoms with Crippen LogP contribution in [0.5, 0.6) is 0 Å². The second kappa shape index (κ2) is 11.2. The average molecular weight is 477 g/mol. The lowest BCUT2D eigenvalue weighted by atomic mass is 9.98. The van der Waals surface area contributed by atoms with Crippen molar-refractivity contribution in [2.75, 3.05) is 5.75 Å². The molecule has 5 nitrogen and oxygen atoms in total. The first-order valence-corrected chi connectivity index (χ1v) is 12.2. The molecule has 0 spiro atoms. The summed E-state index contributed by atoms with van der Waals surface area (Å²) >= 11 is 7.74. The molecule has 0 atom stereocenters. The Bertz CT molecular complexity index is 1160. The van der Waals surface area contributed by atoms with Gasteiger partial charge in [-0.15, -0.1) is 10.2 Å². The van der Waals surface area contributed by atoms with Gasteiger partial charge in [-0.25, -0.2) is 0 Å². The molecule has 1 amide bonds. The molecule has 1 N–H and O–H groups in total. The fraction of sp³-hybridized carbons (Fsp3) is 0.192. The highest BCUT2D eigenvalue weighted by molar-refractivity contribution is 7.99. The number of hydrogen-bond acceptors (Lipinski definition) is 4. The van der Waals surface area contributed by atoms with E-state index in [0.717, 1.165) is 40.0 Å². The monoisotopic (exact) mass is 476 g/mol. The summed E-state index contributed by atoms with van der Waals surface area (Å²) in [7, 11) is 0. The minimum Gasteiger partial charge on any atom is -0.345 e. The third-order valence-electron chi connectivity index (χ3n) is 5.21. The van der Waals surface area contributed by atoms with Gasteiger partial charge in [0.15, 0.2) is 5.16 Å². The fourth-order valence-corrected chi connectivity index (χ4v) is 4.75. The maximum atomic E-state index is 12.8. The number of rotatable bonds is 9. The average Bonchev–Trinajstić information content (AvgIpc) is 3.21. The summed E-state index contributed by atoms with van der Waals surface area (Å²) in [6.07, 6.45) is 1.17. The summed E-state index contributed by atoms with van der Waals surface area (Å²) in [6.45, 7) is 1.92. The van der Waals surface area contributed by atoms with Crippen LogP contribution in [-0.4, -0.2) is 26.4 Å². The zero-order valence-corrected chi connectivity index (χ0v) is 19.9. The second-order valence-corrected chi connectivity index (χ2v) is 9.12. The number of aryl methyl sites for hydroxylation is 1. The van der Waals surface area contributed by atoms with E-state index in [9.17, 15) is 4.79 Å². The van der Waals surface area contributed by atoms with Crippen LogP contribution < -0.4 is 5.32 Å². The van der Waals surface area contributed by atoms with Gasteiger partial charge in [0.1, 0.15) is 5.82 Å². The standard InChI is InChI=1S/C26H25ClN4OS/c1-19-29-30-26(31(19)23-15-8-14-22(27)18-23)33-17-9-16-24(32)28-25(20-10-4-2-5-11-20)21-12-6-3-7-13-21/h2-8,10-15,18,25H,9,16-17H2,1H3,(H,28,32). The van der Waals surface area contributed by atoms with E-state index in [1.807, 2.05) is 96.4 Å². The molecule has 0 fully saturated rings. The lowest BCUT2D eigenvalue weighted by Gasteiger charge is -2.20. The van der Waals surface area contributed by atoms with E-state index in [1.54, 1.807) is 11.8 Å². The van der Waals surface area contributed by atoms with E-state index >= 15 is 0 Å². The fourth-order valence-electron chi connectivity index (χ4n) is 3.63. The molecule has 0 saturated heterocycles. The second-order valence-electron chi connectivity index (χ2n) is 7.62. The molecule has 3 aromatic carbocycles. The summed E-state index contributed by atoms with van der Waals surface area (Å²) in [5.74, 6) is 1.58. The highest BCUT2D eigenvalue weighted by Gasteiger charge is 2.17. The van der Waals surface area contributed by atoms with Crippen molar-refractivity contribution in [2.24, 2.45) is 0 Å². The maximum Gasteiger partial charge on any atom is 0.220 e. The number of carbonyl (C=O) groups is 1. The summed E-state index contributed by atoms with van der Waals surface area (Å²) in [5, 5.41) is 13.2. The Labute approximate surface area is 203 Å². The van der Waals surface area contributed by atoms with Gasteiger partial charge >= 0.3 is 0 Å². The van der Waals surface area contributed by atoms with Crippen LogP contribution in [-0.2, 0) is 4.79 Å². The highest BCUT2D eigenvalue weighted by atomic mass is 35.5. The van der Waals surface area contributed by atoms with Crippen LogP contribution in [0.2, 0.25) is 5.02 Å². The maximum absolute atomic E-state index is 12.8. The Balaban J connectivity index is 1.35. The van der Waals surface area contributed by atoms with E-state index in [0.29, 0.717) is 11.4 Å². The molecule has 4 rings (SSSR count). The van der Waals surface area contributed by atoms with Crippen LogP contribution in [0, 0.1) is 6.92 Å². The first kappa shape index (κ1) is 23.1. The van der Waals surface area contributed by atoms with E-state index in [1.165, 1.54) is 0 Å². The topological polar surface area (TPSA) is 59.8 Å². The third kappa shape index (κ3) is 6.03. The van der Waals surface area contributed by atoms with Crippen molar-refractivity contribution in [1.82, 2.24) is 20.1 Å². The zero-order valence-electron chi connectivity index (χ0n) is 18.3. The smallest absolute Gasteiger partial charge is 0.220 e. The van der Waals surface area contributed by atoms with Gasteiger partial charge in [-0.05, 0) is 42.7 Å². The Morgan fingerprint density at radius 1 is 0.970 bits per heavy atom. The molecule has 0 aliphatic heterocycles. The zero-order chi connectivity index (χ0) is 23.0. The molecule has 1 aromatic heterocycles. The number of hydrogen-bond donors (Lipinski definition) is 1. The van der Waals surface area contributed by atoms with Gasteiger partial charge in [0.05, 0.1) is 11.7 Å². The number of nitrogens with one attached hydrogen (secondary N) is 1. The van der Waals surface area contributed by atoms with E-state index in [-0.39, 0.29) is 11.9 Å². The first-order valence-electron chi connectivity index (χ1n) is 10.8. The number of aromatic nitrogens is 3. The number of carbonyl (C=O) groups excluding carboxylic acids is 1. The molecule has 0 radical (unpaired) electrons. The molecular formula is C26H25ClN4OS. The van der Waals surface area contributed by atoms with Crippen LogP contribution in [0.15, 0.2) is 90.1 Å². The van der Waals surface area contributed by atoms with Gasteiger partial charge in [-0.2, -0.15) is 0 Å². The van der Waals surface area contributed by atoms with Crippen molar-refractivity contribution in [3.63, 3.8) is 0 Å². The van der Waals surface area contributed by atoms with E-state index in [4.69, 9.17) is 11.6 Å². The number of benzene rings is 3. The summed E-state index contributed by atoms with van der Waals surface area (Å²) in [5.41, 5.74) is 3.06. The quantitative estimate of drug-likeness (QED) is 0.237. The van der Waals surface area contributed by atoms with Gasteiger partial charge in [0, 0.05) is 17.2 Å². The predicted octanol–water partition coefficient (Wildman–Crippen LogP) is 6.01. The third-order valence-corrected chi connectivity index (χ3v) is 6.46. The summed E-state index contributed by atoms with van der Waals surface area (Å²) in [6, 6.07) is 27.5. The lowest BCUT2D eigenvalue weighted by Crippen LogP contribution is -2.29. The van der Waals surface area contributed by atoms with Crippen LogP contribution in [0.4, 0.5) is 0 Å². The van der Waals surface area contributed by atoms with Crippen molar-refractivity contribution < 1.29 is 4.79 Å². The lowest BCUT2D eigenvalue weighted by molar-refractivity contribution is -0.121. The van der Waals surface area contributed by atoms with Crippen molar-refractivity contribution in [3.05, 3.63) is 107 Å². The first-order chi connectivity index (χ1) is 16.1. The molecule has 7 heteroatoms. The number of amides is 1. The van der Waals surface area contributed by atoms with Gasteiger partial charge < -0.3 is 5.32 Å². The SMILES string of the molecule is Cc1nnc(SCCCC(=O)NC(c2ccccc2)c2ccccc2)n1-c1cccc(Cl)c1. The Morgan fingerprint density at radius 3 is 2.27 bits per heavy atom. The minimum atomic E-state index is -0.166. The van der Waals surface area contributed by atoms with Crippen molar-refractivity contribution in [3.8, 4) is 5.69 Å². The number of nitrogens with zero attached hydrogens (tertiary/aromatic N) is 3. The Kier molecular flexibility index (Phi) is 7.81. The van der Waals surface area contributed by atoms with Crippen LogP contribution in [0.1, 0.15) is 35.8 Å². The molecule has 1 heterocycles. The van der Waals surface area contributed by atoms with Gasteiger partial charge in [0.25, 0.3) is 0 Å². The van der Waals surface area contributed by atoms with Crippen molar-refractivity contribution in [2.45, 2.75) is 31.0 Å². The highest BCUT2D eigenvalue weighted by Crippen LogP contribution is 2.25.